The molecule has 1 saturated heterocycles. The van der Waals surface area contributed by atoms with Crippen molar-refractivity contribution in [1.29, 1.82) is 0 Å². The summed E-state index contributed by atoms with van der Waals surface area (Å²) < 4.78 is 0. The Bertz CT molecular complexity index is 340. The number of piperidine rings is 1. The van der Waals surface area contributed by atoms with Crippen molar-refractivity contribution in [3.05, 3.63) is 0 Å². The standard InChI is InChI=1S/C18H39N5.HI/c1-7-16(5)22(6)14-11-20-18(19-8-2)21-17-9-12-23(13-10-17)15(3)4;/h15-17H,7-14H2,1-6H3,(H2,19,20,21);1H. The van der Waals surface area contributed by atoms with Crippen molar-refractivity contribution in [3.63, 3.8) is 0 Å². The number of rotatable bonds is 8. The third kappa shape index (κ3) is 8.85. The molecule has 1 aliphatic rings. The van der Waals surface area contributed by atoms with Gasteiger partial charge in [-0.05, 0) is 54.0 Å². The molecule has 0 aliphatic carbocycles. The van der Waals surface area contributed by atoms with Gasteiger partial charge in [0.15, 0.2) is 5.96 Å². The fourth-order valence-corrected chi connectivity index (χ4v) is 2.93. The van der Waals surface area contributed by atoms with E-state index in [1.54, 1.807) is 0 Å². The van der Waals surface area contributed by atoms with Gasteiger partial charge < -0.3 is 20.4 Å². The molecular weight excluding hydrogens is 413 g/mol. The molecular formula is C18H40IN5. The summed E-state index contributed by atoms with van der Waals surface area (Å²) in [5.74, 6) is 0.980. The molecule has 144 valence electrons. The quantitative estimate of drug-likeness (QED) is 0.337. The van der Waals surface area contributed by atoms with Crippen LogP contribution in [-0.4, -0.2) is 73.7 Å². The summed E-state index contributed by atoms with van der Waals surface area (Å²) >= 11 is 0. The van der Waals surface area contributed by atoms with Crippen LogP contribution >= 0.6 is 24.0 Å². The van der Waals surface area contributed by atoms with Gasteiger partial charge in [0.05, 0.1) is 6.54 Å². The molecule has 6 heteroatoms. The maximum atomic E-state index is 4.76. The number of guanidine groups is 1. The summed E-state index contributed by atoms with van der Waals surface area (Å²) in [5, 5.41) is 7.01. The molecule has 0 bridgehead atoms. The van der Waals surface area contributed by atoms with E-state index >= 15 is 0 Å². The van der Waals surface area contributed by atoms with Crippen molar-refractivity contribution in [2.75, 3.05) is 39.8 Å². The molecule has 0 aromatic carbocycles. The third-order valence-electron chi connectivity index (χ3n) is 5.01. The van der Waals surface area contributed by atoms with E-state index in [-0.39, 0.29) is 24.0 Å². The van der Waals surface area contributed by atoms with Gasteiger partial charge in [-0.3, -0.25) is 4.99 Å². The van der Waals surface area contributed by atoms with Gasteiger partial charge in [-0.25, -0.2) is 0 Å². The molecule has 1 atom stereocenters. The van der Waals surface area contributed by atoms with Crippen LogP contribution in [0, 0.1) is 0 Å². The van der Waals surface area contributed by atoms with Gasteiger partial charge in [-0.2, -0.15) is 0 Å². The zero-order valence-corrected chi connectivity index (χ0v) is 19.0. The molecule has 0 saturated carbocycles. The van der Waals surface area contributed by atoms with E-state index in [0.29, 0.717) is 18.1 Å². The minimum atomic E-state index is 0. The molecule has 1 unspecified atom stereocenters. The normalized spacial score (nSPS) is 18.6. The molecule has 5 nitrogen and oxygen atoms in total. The van der Waals surface area contributed by atoms with E-state index in [9.17, 15) is 0 Å². The first kappa shape index (κ1) is 23.9. The van der Waals surface area contributed by atoms with Crippen LogP contribution in [0.4, 0.5) is 0 Å². The van der Waals surface area contributed by atoms with Crippen molar-refractivity contribution in [2.45, 2.75) is 72.0 Å². The summed E-state index contributed by atoms with van der Waals surface area (Å²) in [6, 6.07) is 1.84. The number of hydrogen-bond donors (Lipinski definition) is 2. The summed E-state index contributed by atoms with van der Waals surface area (Å²) in [7, 11) is 2.19. The Hall–Kier alpha value is -0.0800. The SMILES string of the molecule is CCNC(=NCCN(C)C(C)CC)NC1CCN(C(C)C)CC1.I. The Morgan fingerprint density at radius 2 is 1.83 bits per heavy atom. The molecule has 0 radical (unpaired) electrons. The molecule has 1 heterocycles. The first-order valence-electron chi connectivity index (χ1n) is 9.47. The molecule has 24 heavy (non-hydrogen) atoms. The topological polar surface area (TPSA) is 42.9 Å². The second-order valence-corrected chi connectivity index (χ2v) is 7.05. The van der Waals surface area contributed by atoms with E-state index in [1.165, 1.54) is 32.4 Å². The third-order valence-corrected chi connectivity index (χ3v) is 5.01. The Morgan fingerprint density at radius 3 is 2.33 bits per heavy atom. The summed E-state index contributed by atoms with van der Waals surface area (Å²) in [6.07, 6.45) is 3.59. The average molecular weight is 453 g/mol. The fraction of sp³-hybridized carbons (Fsp3) is 0.944. The second kappa shape index (κ2) is 13.2. The maximum Gasteiger partial charge on any atom is 0.191 e. The van der Waals surface area contributed by atoms with Gasteiger partial charge in [0.2, 0.25) is 0 Å². The molecule has 0 aromatic heterocycles. The van der Waals surface area contributed by atoms with Gasteiger partial charge in [0, 0.05) is 44.3 Å². The highest BCUT2D eigenvalue weighted by Gasteiger charge is 2.21. The molecule has 1 rings (SSSR count). The van der Waals surface area contributed by atoms with E-state index in [1.807, 2.05) is 0 Å². The monoisotopic (exact) mass is 453 g/mol. The largest absolute Gasteiger partial charge is 0.357 e. The lowest BCUT2D eigenvalue weighted by Gasteiger charge is -2.35. The molecule has 0 spiro atoms. The highest BCUT2D eigenvalue weighted by molar-refractivity contribution is 14.0. The highest BCUT2D eigenvalue weighted by atomic mass is 127. The van der Waals surface area contributed by atoms with Crippen LogP contribution in [0.3, 0.4) is 0 Å². The molecule has 0 aromatic rings. The van der Waals surface area contributed by atoms with Crippen molar-refractivity contribution in [2.24, 2.45) is 4.99 Å². The van der Waals surface area contributed by atoms with Crippen molar-refractivity contribution >= 4 is 29.9 Å². The van der Waals surface area contributed by atoms with Gasteiger partial charge >= 0.3 is 0 Å². The van der Waals surface area contributed by atoms with Gasteiger partial charge in [-0.1, -0.05) is 6.92 Å². The summed E-state index contributed by atoms with van der Waals surface area (Å²) in [4.78, 5) is 9.70. The van der Waals surface area contributed by atoms with Gasteiger partial charge in [0.25, 0.3) is 0 Å². The fourth-order valence-electron chi connectivity index (χ4n) is 2.93. The molecule has 1 aliphatic heterocycles. The average Bonchev–Trinajstić information content (AvgIpc) is 2.54. The van der Waals surface area contributed by atoms with Crippen LogP contribution in [-0.2, 0) is 0 Å². The number of nitrogens with one attached hydrogen (secondary N) is 2. The van der Waals surface area contributed by atoms with E-state index in [2.05, 4.69) is 62.1 Å². The summed E-state index contributed by atoms with van der Waals surface area (Å²) in [5.41, 5.74) is 0. The highest BCUT2D eigenvalue weighted by Crippen LogP contribution is 2.12. The van der Waals surface area contributed by atoms with Crippen molar-refractivity contribution < 1.29 is 0 Å². The van der Waals surface area contributed by atoms with E-state index in [4.69, 9.17) is 4.99 Å². The molecule has 2 N–H and O–H groups in total. The Labute approximate surface area is 167 Å². The van der Waals surface area contributed by atoms with Crippen LogP contribution in [0.25, 0.3) is 0 Å². The van der Waals surface area contributed by atoms with Crippen LogP contribution in [0.5, 0.6) is 0 Å². The summed E-state index contributed by atoms with van der Waals surface area (Å²) in [6.45, 7) is 16.4. The lowest BCUT2D eigenvalue weighted by Crippen LogP contribution is -2.50. The van der Waals surface area contributed by atoms with E-state index in [0.717, 1.165) is 25.6 Å². The number of likely N-dealkylation sites (tertiary alicyclic amines) is 1. The molecule has 1 fully saturated rings. The first-order valence-corrected chi connectivity index (χ1v) is 9.47. The minimum absolute atomic E-state index is 0. The predicted molar refractivity (Wildman–Crippen MR) is 117 cm³/mol. The minimum Gasteiger partial charge on any atom is -0.357 e. The second-order valence-electron chi connectivity index (χ2n) is 7.05. The number of likely N-dealkylation sites (N-methyl/N-ethyl adjacent to an activating group) is 1. The lowest BCUT2D eigenvalue weighted by molar-refractivity contribution is 0.167. The Balaban J connectivity index is 0.00000529. The van der Waals surface area contributed by atoms with Gasteiger partial charge in [-0.15, -0.1) is 24.0 Å². The van der Waals surface area contributed by atoms with Crippen LogP contribution in [0.1, 0.15) is 53.9 Å². The lowest BCUT2D eigenvalue weighted by atomic mass is 10.0. The van der Waals surface area contributed by atoms with Crippen LogP contribution in [0.15, 0.2) is 4.99 Å². The number of nitrogens with zero attached hydrogens (tertiary/aromatic N) is 3. The number of halogens is 1. The van der Waals surface area contributed by atoms with Crippen LogP contribution in [0.2, 0.25) is 0 Å². The first-order chi connectivity index (χ1) is 11.0. The maximum absolute atomic E-state index is 4.76. The predicted octanol–water partition coefficient (Wildman–Crippen LogP) is 2.76. The number of hydrogen-bond acceptors (Lipinski definition) is 3. The van der Waals surface area contributed by atoms with Crippen molar-refractivity contribution in [1.82, 2.24) is 20.4 Å². The molecule has 0 amide bonds. The zero-order valence-electron chi connectivity index (χ0n) is 16.6. The smallest absolute Gasteiger partial charge is 0.191 e. The Morgan fingerprint density at radius 1 is 1.21 bits per heavy atom. The van der Waals surface area contributed by atoms with Crippen molar-refractivity contribution in [3.8, 4) is 0 Å². The van der Waals surface area contributed by atoms with Crippen LogP contribution < -0.4 is 10.6 Å². The number of aliphatic imine (C=N–C) groups is 1. The Kier molecular flexibility index (Phi) is 13.1. The van der Waals surface area contributed by atoms with Gasteiger partial charge in [0.1, 0.15) is 0 Å². The zero-order chi connectivity index (χ0) is 17.2. The van der Waals surface area contributed by atoms with E-state index < -0.39 is 0 Å².